The number of benzene rings is 1. The maximum Gasteiger partial charge on any atom is 0.315 e. The number of amides is 2. The van der Waals surface area contributed by atoms with Crippen molar-refractivity contribution in [2.45, 2.75) is 45.8 Å². The number of rotatable bonds is 7. The van der Waals surface area contributed by atoms with Crippen LogP contribution < -0.4 is 10.6 Å². The topological polar surface area (TPSA) is 44.4 Å². The lowest BCUT2D eigenvalue weighted by Crippen LogP contribution is -2.36. The average molecular weight is 275 g/mol. The van der Waals surface area contributed by atoms with Crippen molar-refractivity contribution >= 4 is 6.03 Å². The zero-order valence-electron chi connectivity index (χ0n) is 12.5. The zero-order valence-corrected chi connectivity index (χ0v) is 12.5. The Bertz CT molecular complexity index is 439. The van der Waals surface area contributed by atoms with Gasteiger partial charge in [-0.1, -0.05) is 38.1 Å². The molecule has 1 aliphatic rings. The molecule has 1 fully saturated rings. The summed E-state index contributed by atoms with van der Waals surface area (Å²) in [7, 11) is 0. The van der Waals surface area contributed by atoms with Gasteiger partial charge in [0.15, 0.2) is 0 Å². The first-order chi connectivity index (χ1) is 9.72. The van der Waals surface area contributed by atoms with E-state index in [1.54, 1.807) is 0 Å². The molecule has 1 aromatic carbocycles. The molecule has 0 bridgehead atoms. The molecule has 0 spiro atoms. The zero-order chi connectivity index (χ0) is 14.4. The summed E-state index contributed by atoms with van der Waals surface area (Å²) in [6.45, 7) is 7.97. The van der Waals surface area contributed by atoms with E-state index in [0.29, 0.717) is 12.6 Å². The number of carbonyl (C=O) groups excluding carboxylic acids is 1. The second-order valence-electron chi connectivity index (χ2n) is 5.33. The molecule has 2 N–H and O–H groups in total. The number of carbonyl (C=O) groups is 1. The summed E-state index contributed by atoms with van der Waals surface area (Å²) < 4.78 is 0. The maximum absolute atomic E-state index is 11.7. The Morgan fingerprint density at radius 2 is 1.85 bits per heavy atom. The molecule has 0 aliphatic heterocycles. The number of nitrogens with zero attached hydrogens (tertiary/aromatic N) is 1. The number of urea groups is 1. The van der Waals surface area contributed by atoms with E-state index in [1.165, 1.54) is 11.1 Å². The predicted molar refractivity (Wildman–Crippen MR) is 81.5 cm³/mol. The molecule has 4 nitrogen and oxygen atoms in total. The molecule has 0 atom stereocenters. The highest BCUT2D eigenvalue weighted by Gasteiger charge is 2.22. The van der Waals surface area contributed by atoms with Crippen LogP contribution in [0, 0.1) is 0 Å². The van der Waals surface area contributed by atoms with Gasteiger partial charge >= 0.3 is 6.03 Å². The first-order valence-corrected chi connectivity index (χ1v) is 7.56. The SMILES string of the molecule is CCN(CC)Cc1ccccc1CNC(=O)NC1CC1. The third-order valence-corrected chi connectivity index (χ3v) is 3.76. The van der Waals surface area contributed by atoms with Crippen LogP contribution >= 0.6 is 0 Å². The molecule has 0 saturated heterocycles. The third-order valence-electron chi connectivity index (χ3n) is 3.76. The van der Waals surface area contributed by atoms with Gasteiger partial charge in [-0.3, -0.25) is 4.90 Å². The van der Waals surface area contributed by atoms with Gasteiger partial charge < -0.3 is 10.6 Å². The van der Waals surface area contributed by atoms with Gasteiger partial charge in [-0.15, -0.1) is 0 Å². The van der Waals surface area contributed by atoms with Gasteiger partial charge in [-0.25, -0.2) is 4.79 Å². The van der Waals surface area contributed by atoms with Crippen LogP contribution in [-0.2, 0) is 13.1 Å². The third kappa shape index (κ3) is 4.53. The summed E-state index contributed by atoms with van der Waals surface area (Å²) in [6, 6.07) is 8.68. The van der Waals surface area contributed by atoms with Crippen LogP contribution in [0.25, 0.3) is 0 Å². The second kappa shape index (κ2) is 7.29. The Morgan fingerprint density at radius 3 is 2.45 bits per heavy atom. The van der Waals surface area contributed by atoms with Crippen molar-refractivity contribution in [3.63, 3.8) is 0 Å². The predicted octanol–water partition coefficient (Wildman–Crippen LogP) is 2.49. The molecular weight excluding hydrogens is 250 g/mol. The fourth-order valence-corrected chi connectivity index (χ4v) is 2.21. The molecule has 1 saturated carbocycles. The molecule has 1 aromatic rings. The molecule has 1 aliphatic carbocycles. The lowest BCUT2D eigenvalue weighted by molar-refractivity contribution is 0.240. The first-order valence-electron chi connectivity index (χ1n) is 7.56. The van der Waals surface area contributed by atoms with E-state index in [0.717, 1.165) is 32.5 Å². The Hall–Kier alpha value is -1.55. The van der Waals surface area contributed by atoms with Crippen LogP contribution in [0.15, 0.2) is 24.3 Å². The monoisotopic (exact) mass is 275 g/mol. The summed E-state index contributed by atoms with van der Waals surface area (Å²) in [5, 5.41) is 5.90. The minimum absolute atomic E-state index is 0.0508. The lowest BCUT2D eigenvalue weighted by Gasteiger charge is -2.20. The van der Waals surface area contributed by atoms with Gasteiger partial charge in [0.1, 0.15) is 0 Å². The Morgan fingerprint density at radius 1 is 1.20 bits per heavy atom. The number of nitrogens with one attached hydrogen (secondary N) is 2. The van der Waals surface area contributed by atoms with E-state index in [1.807, 2.05) is 6.07 Å². The van der Waals surface area contributed by atoms with Crippen molar-refractivity contribution < 1.29 is 4.79 Å². The summed E-state index contributed by atoms with van der Waals surface area (Å²) >= 11 is 0. The van der Waals surface area contributed by atoms with Gasteiger partial charge in [0.2, 0.25) is 0 Å². The minimum Gasteiger partial charge on any atom is -0.335 e. The van der Waals surface area contributed by atoms with Crippen molar-refractivity contribution in [1.29, 1.82) is 0 Å². The summed E-state index contributed by atoms with van der Waals surface area (Å²) in [6.07, 6.45) is 2.23. The van der Waals surface area contributed by atoms with E-state index >= 15 is 0 Å². The highest BCUT2D eigenvalue weighted by atomic mass is 16.2. The highest BCUT2D eigenvalue weighted by molar-refractivity contribution is 5.74. The van der Waals surface area contributed by atoms with Crippen LogP contribution in [0.4, 0.5) is 4.79 Å². The van der Waals surface area contributed by atoms with Gasteiger partial charge in [-0.2, -0.15) is 0 Å². The quantitative estimate of drug-likeness (QED) is 0.803. The van der Waals surface area contributed by atoms with Crippen molar-refractivity contribution in [1.82, 2.24) is 15.5 Å². The van der Waals surface area contributed by atoms with E-state index in [9.17, 15) is 4.79 Å². The van der Waals surface area contributed by atoms with E-state index in [-0.39, 0.29) is 6.03 Å². The minimum atomic E-state index is -0.0508. The van der Waals surface area contributed by atoms with Crippen molar-refractivity contribution in [2.24, 2.45) is 0 Å². The van der Waals surface area contributed by atoms with Crippen LogP contribution in [0.3, 0.4) is 0 Å². The first kappa shape index (κ1) is 14.9. The number of hydrogen-bond donors (Lipinski definition) is 2. The van der Waals surface area contributed by atoms with Crippen molar-refractivity contribution in [3.8, 4) is 0 Å². The van der Waals surface area contributed by atoms with Crippen molar-refractivity contribution in [2.75, 3.05) is 13.1 Å². The fourth-order valence-electron chi connectivity index (χ4n) is 2.21. The van der Waals surface area contributed by atoms with E-state index < -0.39 is 0 Å². The molecule has 2 rings (SSSR count). The number of hydrogen-bond acceptors (Lipinski definition) is 2. The fraction of sp³-hybridized carbons (Fsp3) is 0.562. The average Bonchev–Trinajstić information content (AvgIpc) is 3.27. The second-order valence-corrected chi connectivity index (χ2v) is 5.33. The summed E-state index contributed by atoms with van der Waals surface area (Å²) in [5.74, 6) is 0. The molecule has 110 valence electrons. The van der Waals surface area contributed by atoms with Gasteiger partial charge in [0.25, 0.3) is 0 Å². The van der Waals surface area contributed by atoms with Crippen LogP contribution in [0.2, 0.25) is 0 Å². The molecule has 20 heavy (non-hydrogen) atoms. The summed E-state index contributed by atoms with van der Waals surface area (Å²) in [4.78, 5) is 14.1. The van der Waals surface area contributed by atoms with E-state index in [4.69, 9.17) is 0 Å². The van der Waals surface area contributed by atoms with Gasteiger partial charge in [0, 0.05) is 19.1 Å². The lowest BCUT2D eigenvalue weighted by atomic mass is 10.1. The Labute approximate surface area is 121 Å². The smallest absolute Gasteiger partial charge is 0.315 e. The van der Waals surface area contributed by atoms with Crippen LogP contribution in [0.1, 0.15) is 37.8 Å². The molecule has 2 amide bonds. The highest BCUT2D eigenvalue weighted by Crippen LogP contribution is 2.18. The Balaban J connectivity index is 1.90. The standard InChI is InChI=1S/C16H25N3O/c1-3-19(4-2)12-14-8-6-5-7-13(14)11-17-16(20)18-15-9-10-15/h5-8,15H,3-4,9-12H2,1-2H3,(H2,17,18,20). The Kier molecular flexibility index (Phi) is 5.41. The maximum atomic E-state index is 11.7. The largest absolute Gasteiger partial charge is 0.335 e. The molecule has 0 unspecified atom stereocenters. The summed E-state index contributed by atoms with van der Waals surface area (Å²) in [5.41, 5.74) is 2.49. The van der Waals surface area contributed by atoms with Crippen molar-refractivity contribution in [3.05, 3.63) is 35.4 Å². The van der Waals surface area contributed by atoms with Crippen LogP contribution in [-0.4, -0.2) is 30.1 Å². The molecule has 0 radical (unpaired) electrons. The van der Waals surface area contributed by atoms with Gasteiger partial charge in [0.05, 0.1) is 0 Å². The molecule has 4 heteroatoms. The van der Waals surface area contributed by atoms with E-state index in [2.05, 4.69) is 47.6 Å². The molecular formula is C16H25N3O. The molecule has 0 heterocycles. The van der Waals surface area contributed by atoms with Crippen LogP contribution in [0.5, 0.6) is 0 Å². The van der Waals surface area contributed by atoms with Gasteiger partial charge in [-0.05, 0) is 37.1 Å². The molecule has 0 aromatic heterocycles. The normalized spacial score (nSPS) is 14.3.